The van der Waals surface area contributed by atoms with Gasteiger partial charge in [0.05, 0.1) is 11.4 Å². The van der Waals surface area contributed by atoms with Crippen molar-refractivity contribution in [2.45, 2.75) is 32.1 Å². The standard InChI is InChI=1S/C16H22N6/c1-12-21-15(13-3-2-5-17-10-13)9-16(22-12)20-6-4-14-11-18-7-8-19-14/h7-9,11,13,17H,2-6,10H2,1H3,(H,20,21,22)/t13-/m0/s1. The van der Waals surface area contributed by atoms with Gasteiger partial charge in [-0.2, -0.15) is 0 Å². The number of aromatic nitrogens is 4. The molecule has 0 saturated carbocycles. The molecule has 3 rings (SSSR count). The average molecular weight is 298 g/mol. The van der Waals surface area contributed by atoms with Crippen LogP contribution in [0, 0.1) is 6.92 Å². The highest BCUT2D eigenvalue weighted by Gasteiger charge is 2.17. The van der Waals surface area contributed by atoms with E-state index in [-0.39, 0.29) is 0 Å². The van der Waals surface area contributed by atoms with Crippen molar-refractivity contribution in [1.29, 1.82) is 0 Å². The maximum atomic E-state index is 4.61. The fraction of sp³-hybridized carbons (Fsp3) is 0.500. The van der Waals surface area contributed by atoms with Gasteiger partial charge in [0.25, 0.3) is 0 Å². The smallest absolute Gasteiger partial charge is 0.129 e. The lowest BCUT2D eigenvalue weighted by Gasteiger charge is -2.22. The predicted octanol–water partition coefficient (Wildman–Crippen LogP) is 1.70. The van der Waals surface area contributed by atoms with Gasteiger partial charge in [0.1, 0.15) is 11.6 Å². The third kappa shape index (κ3) is 3.98. The van der Waals surface area contributed by atoms with Crippen molar-refractivity contribution >= 4 is 5.82 Å². The Morgan fingerprint density at radius 1 is 1.32 bits per heavy atom. The van der Waals surface area contributed by atoms with E-state index >= 15 is 0 Å². The molecule has 1 aliphatic rings. The van der Waals surface area contributed by atoms with E-state index in [0.29, 0.717) is 5.92 Å². The lowest BCUT2D eigenvalue weighted by atomic mass is 9.96. The molecule has 2 aromatic rings. The van der Waals surface area contributed by atoms with Crippen LogP contribution < -0.4 is 10.6 Å². The highest BCUT2D eigenvalue weighted by molar-refractivity contribution is 5.37. The molecule has 0 radical (unpaired) electrons. The molecule has 1 fully saturated rings. The molecule has 6 heteroatoms. The first kappa shape index (κ1) is 14.8. The molecule has 0 bridgehead atoms. The molecule has 2 aromatic heterocycles. The molecule has 0 amide bonds. The van der Waals surface area contributed by atoms with Gasteiger partial charge in [-0.3, -0.25) is 9.97 Å². The van der Waals surface area contributed by atoms with Gasteiger partial charge < -0.3 is 10.6 Å². The first-order valence-corrected chi connectivity index (χ1v) is 7.86. The van der Waals surface area contributed by atoms with Crippen LogP contribution in [0.2, 0.25) is 0 Å². The maximum absolute atomic E-state index is 4.61. The first-order chi connectivity index (χ1) is 10.8. The van der Waals surface area contributed by atoms with Gasteiger partial charge in [0.2, 0.25) is 0 Å². The van der Waals surface area contributed by atoms with Gasteiger partial charge in [0, 0.05) is 50.1 Å². The molecule has 1 atom stereocenters. The highest BCUT2D eigenvalue weighted by atomic mass is 15.0. The van der Waals surface area contributed by atoms with E-state index in [1.165, 1.54) is 12.8 Å². The van der Waals surface area contributed by atoms with E-state index in [9.17, 15) is 0 Å². The molecule has 22 heavy (non-hydrogen) atoms. The lowest BCUT2D eigenvalue weighted by Crippen LogP contribution is -2.29. The van der Waals surface area contributed by atoms with Crippen LogP contribution >= 0.6 is 0 Å². The molecule has 0 unspecified atom stereocenters. The zero-order chi connectivity index (χ0) is 15.2. The van der Waals surface area contributed by atoms with Crippen molar-refractivity contribution in [3.8, 4) is 0 Å². The molecule has 6 nitrogen and oxygen atoms in total. The van der Waals surface area contributed by atoms with Crippen molar-refractivity contribution in [1.82, 2.24) is 25.3 Å². The summed E-state index contributed by atoms with van der Waals surface area (Å²) < 4.78 is 0. The predicted molar refractivity (Wildman–Crippen MR) is 85.8 cm³/mol. The third-order valence-electron chi connectivity index (χ3n) is 3.88. The van der Waals surface area contributed by atoms with E-state index in [2.05, 4.69) is 36.6 Å². The van der Waals surface area contributed by atoms with E-state index in [1.807, 2.05) is 6.92 Å². The van der Waals surface area contributed by atoms with Crippen molar-refractivity contribution in [3.63, 3.8) is 0 Å². The Bertz CT molecular complexity index is 595. The van der Waals surface area contributed by atoms with Crippen molar-refractivity contribution < 1.29 is 0 Å². The Labute approximate surface area is 130 Å². The molecule has 0 aromatic carbocycles. The quantitative estimate of drug-likeness (QED) is 0.875. The minimum Gasteiger partial charge on any atom is -0.370 e. The van der Waals surface area contributed by atoms with Crippen LogP contribution in [0.3, 0.4) is 0 Å². The fourth-order valence-corrected chi connectivity index (χ4v) is 2.77. The van der Waals surface area contributed by atoms with Crippen LogP contribution in [0.5, 0.6) is 0 Å². The molecule has 1 saturated heterocycles. The van der Waals surface area contributed by atoms with Gasteiger partial charge in [-0.1, -0.05) is 0 Å². The highest BCUT2D eigenvalue weighted by Crippen LogP contribution is 2.23. The number of anilines is 1. The molecular formula is C16H22N6. The average Bonchev–Trinajstić information content (AvgIpc) is 2.56. The van der Waals surface area contributed by atoms with Crippen LogP contribution in [0.15, 0.2) is 24.7 Å². The zero-order valence-electron chi connectivity index (χ0n) is 12.9. The van der Waals surface area contributed by atoms with Gasteiger partial charge in [0.15, 0.2) is 0 Å². The Kier molecular flexibility index (Phi) is 4.90. The molecule has 1 aliphatic heterocycles. The molecule has 2 N–H and O–H groups in total. The normalized spacial score (nSPS) is 18.1. The van der Waals surface area contributed by atoms with Crippen LogP contribution in [0.1, 0.15) is 36.0 Å². The van der Waals surface area contributed by atoms with Crippen LogP contribution in [0.4, 0.5) is 5.82 Å². The van der Waals surface area contributed by atoms with Crippen LogP contribution in [-0.2, 0) is 6.42 Å². The van der Waals surface area contributed by atoms with E-state index in [1.54, 1.807) is 18.6 Å². The summed E-state index contributed by atoms with van der Waals surface area (Å²) in [5.74, 6) is 2.22. The number of aryl methyl sites for hydroxylation is 1. The monoisotopic (exact) mass is 298 g/mol. The number of nitrogens with zero attached hydrogens (tertiary/aromatic N) is 4. The van der Waals surface area contributed by atoms with Gasteiger partial charge >= 0.3 is 0 Å². The number of piperidine rings is 1. The maximum Gasteiger partial charge on any atom is 0.129 e. The summed E-state index contributed by atoms with van der Waals surface area (Å²) in [6.45, 7) is 4.87. The summed E-state index contributed by atoms with van der Waals surface area (Å²) in [5.41, 5.74) is 2.12. The zero-order valence-corrected chi connectivity index (χ0v) is 12.9. The van der Waals surface area contributed by atoms with Crippen molar-refractivity contribution in [2.24, 2.45) is 0 Å². The topological polar surface area (TPSA) is 75.6 Å². The minimum absolute atomic E-state index is 0.496. The van der Waals surface area contributed by atoms with Crippen molar-refractivity contribution in [3.05, 3.63) is 41.9 Å². The second-order valence-electron chi connectivity index (χ2n) is 5.64. The van der Waals surface area contributed by atoms with Crippen LogP contribution in [-0.4, -0.2) is 39.6 Å². The summed E-state index contributed by atoms with van der Waals surface area (Å²) in [5, 5.41) is 6.82. The summed E-state index contributed by atoms with van der Waals surface area (Å²) >= 11 is 0. The molecule has 0 spiro atoms. The Morgan fingerprint density at radius 3 is 3.05 bits per heavy atom. The molecule has 3 heterocycles. The first-order valence-electron chi connectivity index (χ1n) is 7.86. The Balaban J connectivity index is 1.62. The second kappa shape index (κ2) is 7.26. The summed E-state index contributed by atoms with van der Waals surface area (Å²) in [4.78, 5) is 17.4. The fourth-order valence-electron chi connectivity index (χ4n) is 2.77. The van der Waals surface area contributed by atoms with E-state index < -0.39 is 0 Å². The third-order valence-corrected chi connectivity index (χ3v) is 3.88. The minimum atomic E-state index is 0.496. The molecule has 0 aliphatic carbocycles. The largest absolute Gasteiger partial charge is 0.370 e. The number of nitrogens with one attached hydrogen (secondary N) is 2. The number of hydrogen-bond donors (Lipinski definition) is 2. The van der Waals surface area contributed by atoms with E-state index in [0.717, 1.165) is 49.1 Å². The van der Waals surface area contributed by atoms with Gasteiger partial charge in [-0.05, 0) is 26.3 Å². The summed E-state index contributed by atoms with van der Waals surface area (Å²) in [6, 6.07) is 2.08. The summed E-state index contributed by atoms with van der Waals surface area (Å²) in [6.07, 6.45) is 8.45. The lowest BCUT2D eigenvalue weighted by molar-refractivity contribution is 0.453. The Morgan fingerprint density at radius 2 is 2.27 bits per heavy atom. The molecule has 116 valence electrons. The molecular weight excluding hydrogens is 276 g/mol. The van der Waals surface area contributed by atoms with E-state index in [4.69, 9.17) is 0 Å². The SMILES string of the molecule is Cc1nc(NCCc2cnccn2)cc([C@H]2CCCNC2)n1. The second-order valence-corrected chi connectivity index (χ2v) is 5.64. The van der Waals surface area contributed by atoms with Crippen molar-refractivity contribution in [2.75, 3.05) is 25.0 Å². The number of hydrogen-bond acceptors (Lipinski definition) is 6. The Hall–Kier alpha value is -2.08. The van der Waals surface area contributed by atoms with Gasteiger partial charge in [-0.25, -0.2) is 9.97 Å². The summed E-state index contributed by atoms with van der Waals surface area (Å²) in [7, 11) is 0. The number of rotatable bonds is 5. The van der Waals surface area contributed by atoms with Crippen LogP contribution in [0.25, 0.3) is 0 Å². The van der Waals surface area contributed by atoms with Gasteiger partial charge in [-0.15, -0.1) is 0 Å².